The van der Waals surface area contributed by atoms with E-state index in [0.29, 0.717) is 9.21 Å². The highest BCUT2D eigenvalue weighted by Crippen LogP contribution is 2.22. The van der Waals surface area contributed by atoms with Crippen LogP contribution in [0.25, 0.3) is 0 Å². The van der Waals surface area contributed by atoms with Gasteiger partial charge in [-0.25, -0.2) is 0 Å². The predicted octanol–water partition coefficient (Wildman–Crippen LogP) is 1.23. The first-order valence-corrected chi connectivity index (χ1v) is 6.48. The molecule has 0 aliphatic rings. The lowest BCUT2D eigenvalue weighted by Gasteiger charge is -2.03. The van der Waals surface area contributed by atoms with Gasteiger partial charge in [0.25, 0.3) is 0 Å². The Bertz CT molecular complexity index is 459. The Morgan fingerprint density at radius 1 is 1.22 bits per heavy atom. The number of nitrogens with one attached hydrogen (secondary N) is 2. The Hall–Kier alpha value is -1.40. The molecule has 0 saturated heterocycles. The van der Waals surface area contributed by atoms with E-state index >= 15 is 0 Å². The zero-order valence-electron chi connectivity index (χ0n) is 9.79. The Morgan fingerprint density at radius 2 is 1.94 bits per heavy atom. The van der Waals surface area contributed by atoms with Crippen molar-refractivity contribution in [1.82, 2.24) is 10.6 Å². The van der Waals surface area contributed by atoms with E-state index in [0.717, 1.165) is 0 Å². The maximum atomic E-state index is 11.6. The van der Waals surface area contributed by atoms with Crippen molar-refractivity contribution >= 4 is 40.5 Å². The number of halogens is 1. The van der Waals surface area contributed by atoms with E-state index in [9.17, 15) is 14.4 Å². The molecule has 1 heterocycles. The average molecular weight is 289 g/mol. The van der Waals surface area contributed by atoms with Crippen LogP contribution in [0.1, 0.15) is 22.5 Å². The van der Waals surface area contributed by atoms with Crippen molar-refractivity contribution < 1.29 is 14.4 Å². The van der Waals surface area contributed by atoms with Crippen LogP contribution in [0.4, 0.5) is 0 Å². The van der Waals surface area contributed by atoms with Gasteiger partial charge in [-0.2, -0.15) is 0 Å². The van der Waals surface area contributed by atoms with E-state index in [2.05, 4.69) is 10.6 Å². The zero-order valence-corrected chi connectivity index (χ0v) is 11.4. The smallest absolute Gasteiger partial charge is 0.239 e. The molecule has 0 atom stereocenters. The van der Waals surface area contributed by atoms with Crippen molar-refractivity contribution in [1.29, 1.82) is 0 Å². The van der Waals surface area contributed by atoms with E-state index in [1.165, 1.54) is 18.4 Å². The number of amides is 2. The van der Waals surface area contributed by atoms with Crippen molar-refractivity contribution in [3.8, 4) is 0 Å². The summed E-state index contributed by atoms with van der Waals surface area (Å²) in [6, 6.07) is 3.28. The molecule has 0 aromatic carbocycles. The third-order valence-electron chi connectivity index (χ3n) is 2.15. The summed E-state index contributed by atoms with van der Waals surface area (Å²) in [6.45, 7) is -0.0750. The molecule has 18 heavy (non-hydrogen) atoms. The number of carbonyl (C=O) groups excluding carboxylic acids is 3. The van der Waals surface area contributed by atoms with Crippen molar-refractivity contribution in [2.24, 2.45) is 0 Å². The minimum Gasteiger partial charge on any atom is -0.358 e. The number of hydrogen-bond acceptors (Lipinski definition) is 4. The highest BCUT2D eigenvalue weighted by molar-refractivity contribution is 7.18. The Kier molecular flexibility index (Phi) is 5.80. The minimum absolute atomic E-state index is 0.0609. The van der Waals surface area contributed by atoms with Crippen LogP contribution >= 0.6 is 22.9 Å². The van der Waals surface area contributed by atoms with Crippen molar-refractivity contribution in [2.45, 2.75) is 12.8 Å². The lowest BCUT2D eigenvalue weighted by molar-refractivity contribution is -0.125. The van der Waals surface area contributed by atoms with Gasteiger partial charge in [-0.1, -0.05) is 11.6 Å². The molecule has 98 valence electrons. The van der Waals surface area contributed by atoms with E-state index in [1.54, 1.807) is 12.1 Å². The maximum Gasteiger partial charge on any atom is 0.239 e. The highest BCUT2D eigenvalue weighted by atomic mass is 35.5. The first kappa shape index (κ1) is 14.7. The topological polar surface area (TPSA) is 75.3 Å². The Morgan fingerprint density at radius 3 is 2.50 bits per heavy atom. The fourth-order valence-electron chi connectivity index (χ4n) is 1.17. The molecule has 5 nitrogen and oxygen atoms in total. The van der Waals surface area contributed by atoms with Crippen molar-refractivity contribution in [2.75, 3.05) is 13.6 Å². The minimum atomic E-state index is -0.324. The monoisotopic (exact) mass is 288 g/mol. The largest absolute Gasteiger partial charge is 0.358 e. The number of carbonyl (C=O) groups is 3. The van der Waals surface area contributed by atoms with Crippen LogP contribution in [-0.2, 0) is 9.59 Å². The fourth-order valence-corrected chi connectivity index (χ4v) is 2.18. The summed E-state index contributed by atoms with van der Waals surface area (Å²) in [6.07, 6.45) is 0.168. The van der Waals surface area contributed by atoms with Gasteiger partial charge in [0.15, 0.2) is 5.78 Å². The van der Waals surface area contributed by atoms with Crippen LogP contribution in [0.5, 0.6) is 0 Å². The first-order chi connectivity index (χ1) is 8.52. The van der Waals surface area contributed by atoms with E-state index in [-0.39, 0.29) is 37.0 Å². The third kappa shape index (κ3) is 4.85. The van der Waals surface area contributed by atoms with Gasteiger partial charge in [0.2, 0.25) is 11.8 Å². The number of hydrogen-bond donors (Lipinski definition) is 2. The Balaban J connectivity index is 2.30. The SMILES string of the molecule is CNC(=O)CNC(=O)CCC(=O)c1ccc(Cl)s1. The molecule has 2 amide bonds. The second kappa shape index (κ2) is 7.13. The third-order valence-corrected chi connectivity index (χ3v) is 3.42. The molecule has 0 aliphatic heterocycles. The van der Waals surface area contributed by atoms with Crippen LogP contribution in [0.2, 0.25) is 4.34 Å². The standard InChI is InChI=1S/C11H13ClN2O3S/c1-13-11(17)6-14-10(16)5-2-7(15)8-3-4-9(12)18-8/h3-4H,2,5-6H2,1H3,(H,13,17)(H,14,16). The Labute approximate surface area is 114 Å². The van der Waals surface area contributed by atoms with E-state index in [4.69, 9.17) is 11.6 Å². The number of rotatable bonds is 6. The number of likely N-dealkylation sites (N-methyl/N-ethyl adjacent to an activating group) is 1. The lowest BCUT2D eigenvalue weighted by atomic mass is 10.2. The molecule has 7 heteroatoms. The number of ketones is 1. The molecule has 2 N–H and O–H groups in total. The van der Waals surface area contributed by atoms with Crippen molar-refractivity contribution in [3.05, 3.63) is 21.3 Å². The second-order valence-electron chi connectivity index (χ2n) is 3.48. The molecule has 0 spiro atoms. The maximum absolute atomic E-state index is 11.6. The van der Waals surface area contributed by atoms with E-state index < -0.39 is 0 Å². The van der Waals surface area contributed by atoms with Crippen LogP contribution in [-0.4, -0.2) is 31.2 Å². The summed E-state index contributed by atoms with van der Waals surface area (Å²) in [4.78, 5) is 34.4. The molecule has 0 aliphatic carbocycles. The van der Waals surface area contributed by atoms with Gasteiger partial charge < -0.3 is 10.6 Å². The summed E-state index contributed by atoms with van der Waals surface area (Å²) in [5.74, 6) is -0.726. The summed E-state index contributed by atoms with van der Waals surface area (Å²) in [5, 5.41) is 4.80. The predicted molar refractivity (Wildman–Crippen MR) is 70.0 cm³/mol. The van der Waals surface area contributed by atoms with Crippen molar-refractivity contribution in [3.63, 3.8) is 0 Å². The molecule has 0 radical (unpaired) electrons. The molecule has 1 aromatic rings. The lowest BCUT2D eigenvalue weighted by Crippen LogP contribution is -2.35. The highest BCUT2D eigenvalue weighted by Gasteiger charge is 2.11. The molecule has 1 aromatic heterocycles. The van der Waals surface area contributed by atoms with Gasteiger partial charge in [0.05, 0.1) is 15.8 Å². The number of Topliss-reactive ketones (excluding diaryl/α,β-unsaturated/α-hetero) is 1. The fraction of sp³-hybridized carbons (Fsp3) is 0.364. The summed E-state index contributed by atoms with van der Waals surface area (Å²) in [5.41, 5.74) is 0. The van der Waals surface area contributed by atoms with Crippen LogP contribution in [0.15, 0.2) is 12.1 Å². The molecule has 1 rings (SSSR count). The van der Waals surface area contributed by atoms with Gasteiger partial charge in [-0.15, -0.1) is 11.3 Å². The summed E-state index contributed by atoms with van der Waals surface area (Å²) >= 11 is 6.90. The molecule has 0 fully saturated rings. The molecule has 0 unspecified atom stereocenters. The average Bonchev–Trinajstić information content (AvgIpc) is 2.79. The summed E-state index contributed by atoms with van der Waals surface area (Å²) < 4.78 is 0.544. The van der Waals surface area contributed by atoms with Gasteiger partial charge in [0.1, 0.15) is 0 Å². The van der Waals surface area contributed by atoms with Crippen LogP contribution < -0.4 is 10.6 Å². The van der Waals surface area contributed by atoms with Gasteiger partial charge in [-0.05, 0) is 12.1 Å². The molecule has 0 saturated carbocycles. The van der Waals surface area contributed by atoms with Gasteiger partial charge in [0, 0.05) is 19.9 Å². The van der Waals surface area contributed by atoms with Gasteiger partial charge >= 0.3 is 0 Å². The summed E-state index contributed by atoms with van der Waals surface area (Å²) in [7, 11) is 1.48. The van der Waals surface area contributed by atoms with Gasteiger partial charge in [-0.3, -0.25) is 14.4 Å². The second-order valence-corrected chi connectivity index (χ2v) is 5.19. The molecular weight excluding hydrogens is 276 g/mol. The molecule has 0 bridgehead atoms. The van der Waals surface area contributed by atoms with Crippen LogP contribution in [0.3, 0.4) is 0 Å². The number of thiophene rings is 1. The van der Waals surface area contributed by atoms with E-state index in [1.807, 2.05) is 0 Å². The quantitative estimate of drug-likeness (QED) is 0.773. The first-order valence-electron chi connectivity index (χ1n) is 5.28. The molecular formula is C11H13ClN2O3S. The zero-order chi connectivity index (χ0) is 13.5. The normalized spacial score (nSPS) is 9.89. The van der Waals surface area contributed by atoms with Crippen LogP contribution in [0, 0.1) is 0 Å².